The molecule has 1 aromatic carbocycles. The Labute approximate surface area is 121 Å². The van der Waals surface area contributed by atoms with Crippen molar-refractivity contribution in [1.29, 1.82) is 0 Å². The maximum atomic E-state index is 13.8. The molecule has 118 valence electrons. The summed E-state index contributed by atoms with van der Waals surface area (Å²) in [4.78, 5) is 0. The topological polar surface area (TPSA) is 32.3 Å². The highest BCUT2D eigenvalue weighted by molar-refractivity contribution is 5.28. The predicted octanol–water partition coefficient (Wildman–Crippen LogP) is 3.28. The lowest BCUT2D eigenvalue weighted by Crippen LogP contribution is -2.41. The SMILES string of the molecule is OC1(CCCc2cccc(C(F)(F)F)c2F)CCNCC1. The van der Waals surface area contributed by atoms with Crippen LogP contribution >= 0.6 is 0 Å². The number of hydrogen-bond acceptors (Lipinski definition) is 2. The summed E-state index contributed by atoms with van der Waals surface area (Å²) in [7, 11) is 0. The molecule has 1 fully saturated rings. The number of hydrogen-bond donors (Lipinski definition) is 2. The van der Waals surface area contributed by atoms with Crippen molar-refractivity contribution in [3.8, 4) is 0 Å². The van der Waals surface area contributed by atoms with Crippen molar-refractivity contribution in [3.05, 3.63) is 35.1 Å². The van der Waals surface area contributed by atoms with Crippen molar-refractivity contribution < 1.29 is 22.7 Å². The normalized spacial score (nSPS) is 18.7. The molecule has 0 amide bonds. The van der Waals surface area contributed by atoms with Gasteiger partial charge in [-0.3, -0.25) is 0 Å². The summed E-state index contributed by atoms with van der Waals surface area (Å²) in [5, 5.41) is 13.4. The Morgan fingerprint density at radius 1 is 1.19 bits per heavy atom. The van der Waals surface area contributed by atoms with Crippen molar-refractivity contribution in [2.75, 3.05) is 13.1 Å². The molecule has 0 aliphatic carbocycles. The molecule has 2 rings (SSSR count). The minimum Gasteiger partial charge on any atom is -0.390 e. The largest absolute Gasteiger partial charge is 0.419 e. The van der Waals surface area contributed by atoms with Crippen LogP contribution in [0.15, 0.2) is 18.2 Å². The van der Waals surface area contributed by atoms with Gasteiger partial charge in [0.25, 0.3) is 0 Å². The maximum absolute atomic E-state index is 13.8. The number of piperidine rings is 1. The van der Waals surface area contributed by atoms with Gasteiger partial charge in [0, 0.05) is 0 Å². The molecule has 21 heavy (non-hydrogen) atoms. The van der Waals surface area contributed by atoms with E-state index in [1.807, 2.05) is 0 Å². The smallest absolute Gasteiger partial charge is 0.390 e. The lowest BCUT2D eigenvalue weighted by molar-refractivity contribution is -0.140. The predicted molar refractivity (Wildman–Crippen MR) is 71.4 cm³/mol. The van der Waals surface area contributed by atoms with E-state index >= 15 is 0 Å². The van der Waals surface area contributed by atoms with E-state index in [4.69, 9.17) is 0 Å². The number of benzene rings is 1. The molecule has 1 aliphatic rings. The van der Waals surface area contributed by atoms with Gasteiger partial charge < -0.3 is 10.4 Å². The zero-order valence-electron chi connectivity index (χ0n) is 11.6. The molecule has 0 radical (unpaired) electrons. The van der Waals surface area contributed by atoms with Crippen LogP contribution in [0.4, 0.5) is 17.6 Å². The first kappa shape index (κ1) is 16.2. The van der Waals surface area contributed by atoms with Crippen LogP contribution in [0.5, 0.6) is 0 Å². The summed E-state index contributed by atoms with van der Waals surface area (Å²) in [5.74, 6) is -1.19. The highest BCUT2D eigenvalue weighted by atomic mass is 19.4. The first-order chi connectivity index (χ1) is 9.82. The number of nitrogens with one attached hydrogen (secondary N) is 1. The quantitative estimate of drug-likeness (QED) is 0.837. The first-order valence-corrected chi connectivity index (χ1v) is 7.09. The van der Waals surface area contributed by atoms with E-state index in [1.165, 1.54) is 12.1 Å². The fourth-order valence-corrected chi connectivity index (χ4v) is 2.74. The Morgan fingerprint density at radius 3 is 2.48 bits per heavy atom. The molecule has 1 aliphatic heterocycles. The summed E-state index contributed by atoms with van der Waals surface area (Å²) in [6.45, 7) is 1.46. The van der Waals surface area contributed by atoms with Crippen molar-refractivity contribution in [2.45, 2.75) is 43.9 Å². The van der Waals surface area contributed by atoms with Gasteiger partial charge >= 0.3 is 6.18 Å². The zero-order valence-corrected chi connectivity index (χ0v) is 11.6. The summed E-state index contributed by atoms with van der Waals surface area (Å²) >= 11 is 0. The molecule has 1 saturated heterocycles. The Kier molecular flexibility index (Phi) is 4.88. The molecule has 0 aromatic heterocycles. The summed E-state index contributed by atoms with van der Waals surface area (Å²) in [6.07, 6.45) is -2.28. The Hall–Kier alpha value is -1.14. The molecular weight excluding hydrogens is 286 g/mol. The minimum atomic E-state index is -4.67. The molecule has 2 nitrogen and oxygen atoms in total. The summed E-state index contributed by atoms with van der Waals surface area (Å²) in [5.41, 5.74) is -1.94. The maximum Gasteiger partial charge on any atom is 0.419 e. The molecule has 0 atom stereocenters. The Morgan fingerprint density at radius 2 is 1.86 bits per heavy atom. The van der Waals surface area contributed by atoms with Gasteiger partial charge in [-0.15, -0.1) is 0 Å². The second kappa shape index (κ2) is 6.32. The van der Waals surface area contributed by atoms with Gasteiger partial charge in [0.15, 0.2) is 0 Å². The monoisotopic (exact) mass is 305 g/mol. The second-order valence-electron chi connectivity index (χ2n) is 5.60. The highest BCUT2D eigenvalue weighted by Gasteiger charge is 2.35. The molecule has 0 saturated carbocycles. The van der Waals surface area contributed by atoms with Crippen LogP contribution in [0.2, 0.25) is 0 Å². The molecule has 0 spiro atoms. The van der Waals surface area contributed by atoms with Crippen LogP contribution in [0, 0.1) is 5.82 Å². The molecule has 1 heterocycles. The van der Waals surface area contributed by atoms with Crippen molar-refractivity contribution in [2.24, 2.45) is 0 Å². The van der Waals surface area contributed by atoms with Gasteiger partial charge in [-0.05, 0) is 56.8 Å². The average Bonchev–Trinajstić information content (AvgIpc) is 2.40. The van der Waals surface area contributed by atoms with Gasteiger partial charge in [-0.2, -0.15) is 13.2 Å². The van der Waals surface area contributed by atoms with E-state index in [0.29, 0.717) is 25.7 Å². The number of aryl methyl sites for hydroxylation is 1. The van der Waals surface area contributed by atoms with Crippen LogP contribution < -0.4 is 5.32 Å². The number of rotatable bonds is 4. The number of halogens is 4. The lowest BCUT2D eigenvalue weighted by atomic mass is 9.86. The molecule has 2 N–H and O–H groups in total. The van der Waals surface area contributed by atoms with E-state index in [9.17, 15) is 22.7 Å². The van der Waals surface area contributed by atoms with Crippen LogP contribution in [0.25, 0.3) is 0 Å². The third kappa shape index (κ3) is 4.17. The first-order valence-electron chi connectivity index (χ1n) is 7.09. The molecule has 0 unspecified atom stereocenters. The van der Waals surface area contributed by atoms with Crippen LogP contribution in [-0.2, 0) is 12.6 Å². The third-order valence-electron chi connectivity index (χ3n) is 4.01. The van der Waals surface area contributed by atoms with Gasteiger partial charge in [-0.25, -0.2) is 4.39 Å². The van der Waals surface area contributed by atoms with Crippen LogP contribution in [-0.4, -0.2) is 23.8 Å². The third-order valence-corrected chi connectivity index (χ3v) is 4.01. The Bertz CT molecular complexity index is 481. The van der Waals surface area contributed by atoms with Gasteiger partial charge in [0.05, 0.1) is 11.2 Å². The Balaban J connectivity index is 1.97. The van der Waals surface area contributed by atoms with Crippen molar-refractivity contribution in [3.63, 3.8) is 0 Å². The number of alkyl halides is 3. The van der Waals surface area contributed by atoms with E-state index in [1.54, 1.807) is 0 Å². The van der Waals surface area contributed by atoms with Crippen molar-refractivity contribution in [1.82, 2.24) is 5.32 Å². The van der Waals surface area contributed by atoms with E-state index < -0.39 is 23.2 Å². The fraction of sp³-hybridized carbons (Fsp3) is 0.600. The van der Waals surface area contributed by atoms with E-state index in [0.717, 1.165) is 19.2 Å². The molecule has 0 bridgehead atoms. The molecule has 6 heteroatoms. The molecular formula is C15H19F4NO. The molecule has 1 aromatic rings. The van der Waals surface area contributed by atoms with E-state index in [-0.39, 0.29) is 12.0 Å². The van der Waals surface area contributed by atoms with Gasteiger partial charge in [0.2, 0.25) is 0 Å². The summed E-state index contributed by atoms with van der Waals surface area (Å²) < 4.78 is 51.7. The fourth-order valence-electron chi connectivity index (χ4n) is 2.74. The summed E-state index contributed by atoms with van der Waals surface area (Å²) in [6, 6.07) is 3.34. The number of aliphatic hydroxyl groups is 1. The van der Waals surface area contributed by atoms with Crippen LogP contribution in [0.3, 0.4) is 0 Å². The zero-order chi connectivity index (χ0) is 15.5. The lowest BCUT2D eigenvalue weighted by Gasteiger charge is -2.32. The average molecular weight is 305 g/mol. The highest BCUT2D eigenvalue weighted by Crippen LogP contribution is 2.33. The van der Waals surface area contributed by atoms with Gasteiger partial charge in [-0.1, -0.05) is 12.1 Å². The van der Waals surface area contributed by atoms with E-state index in [2.05, 4.69) is 5.32 Å². The second-order valence-corrected chi connectivity index (χ2v) is 5.60. The standard InChI is InChI=1S/C15H19F4NO/c16-13-11(3-1-5-12(13)15(17,18)19)4-2-6-14(21)7-9-20-10-8-14/h1,3,5,20-21H,2,4,6-10H2. The van der Waals surface area contributed by atoms with Crippen LogP contribution in [0.1, 0.15) is 36.8 Å². The van der Waals surface area contributed by atoms with Crippen molar-refractivity contribution >= 4 is 0 Å². The minimum absolute atomic E-state index is 0.0577. The van der Waals surface area contributed by atoms with Gasteiger partial charge in [0.1, 0.15) is 5.82 Å².